The third-order valence-corrected chi connectivity index (χ3v) is 7.43. The molecular formula is C30H31N3O3S. The summed E-state index contributed by atoms with van der Waals surface area (Å²) in [4.78, 5) is 44.2. The van der Waals surface area contributed by atoms with E-state index in [1.165, 1.54) is 11.8 Å². The van der Waals surface area contributed by atoms with Crippen LogP contribution in [0.15, 0.2) is 76.7 Å². The third-order valence-electron chi connectivity index (χ3n) is 6.34. The van der Waals surface area contributed by atoms with Crippen molar-refractivity contribution in [1.29, 1.82) is 0 Å². The highest BCUT2D eigenvalue weighted by Gasteiger charge is 2.22. The highest BCUT2D eigenvalue weighted by atomic mass is 32.2. The molecule has 0 aliphatic rings. The summed E-state index contributed by atoms with van der Waals surface area (Å²) in [6.45, 7) is 8.72. The Kier molecular flexibility index (Phi) is 8.24. The van der Waals surface area contributed by atoms with E-state index in [4.69, 9.17) is 4.98 Å². The molecule has 37 heavy (non-hydrogen) atoms. The standard InChI is InChI=1S/C30H31N3O3S/c1-5-15-31-28(35)24-13-14-25-26(17-24)32-30(33(29(25)36)18-22-9-7-6-8-10-22)37-21(4)27(34)23-12-11-19(2)20(3)16-23/h6-14,16-17,21H,5,15,18H2,1-4H3,(H,31,35)/t21-/m1/s1. The van der Waals surface area contributed by atoms with Gasteiger partial charge in [-0.25, -0.2) is 4.98 Å². The Morgan fingerprint density at radius 2 is 1.70 bits per heavy atom. The van der Waals surface area contributed by atoms with Crippen molar-refractivity contribution in [3.8, 4) is 0 Å². The highest BCUT2D eigenvalue weighted by molar-refractivity contribution is 8.00. The second-order valence-electron chi connectivity index (χ2n) is 9.18. The van der Waals surface area contributed by atoms with Gasteiger partial charge in [0.1, 0.15) is 0 Å². The maximum absolute atomic E-state index is 13.6. The van der Waals surface area contributed by atoms with Crippen molar-refractivity contribution in [2.24, 2.45) is 0 Å². The second-order valence-corrected chi connectivity index (χ2v) is 10.5. The summed E-state index contributed by atoms with van der Waals surface area (Å²) >= 11 is 1.26. The molecule has 1 aromatic heterocycles. The largest absolute Gasteiger partial charge is 0.352 e. The van der Waals surface area contributed by atoms with Gasteiger partial charge in [-0.05, 0) is 68.1 Å². The van der Waals surface area contributed by atoms with Gasteiger partial charge in [-0.1, -0.05) is 61.2 Å². The van der Waals surface area contributed by atoms with Crippen molar-refractivity contribution in [2.45, 2.75) is 51.1 Å². The fraction of sp³-hybridized carbons (Fsp3) is 0.267. The van der Waals surface area contributed by atoms with E-state index in [1.807, 2.05) is 76.2 Å². The molecule has 3 aromatic carbocycles. The van der Waals surface area contributed by atoms with Crippen molar-refractivity contribution < 1.29 is 9.59 Å². The van der Waals surface area contributed by atoms with Gasteiger partial charge in [0.15, 0.2) is 10.9 Å². The molecule has 0 radical (unpaired) electrons. The Morgan fingerprint density at radius 1 is 0.973 bits per heavy atom. The van der Waals surface area contributed by atoms with Crippen LogP contribution in [0.5, 0.6) is 0 Å². The fourth-order valence-corrected chi connectivity index (χ4v) is 5.00. The van der Waals surface area contributed by atoms with Gasteiger partial charge < -0.3 is 5.32 Å². The molecule has 0 spiro atoms. The Hall–Kier alpha value is -3.71. The number of rotatable bonds is 9. The second kappa shape index (κ2) is 11.6. The van der Waals surface area contributed by atoms with E-state index in [1.54, 1.807) is 22.8 Å². The predicted octanol–water partition coefficient (Wildman–Crippen LogP) is 5.56. The maximum Gasteiger partial charge on any atom is 0.262 e. The van der Waals surface area contributed by atoms with E-state index in [0.29, 0.717) is 40.3 Å². The van der Waals surface area contributed by atoms with E-state index in [9.17, 15) is 14.4 Å². The summed E-state index contributed by atoms with van der Waals surface area (Å²) < 4.78 is 1.61. The zero-order valence-electron chi connectivity index (χ0n) is 21.6. The fourth-order valence-electron chi connectivity index (χ4n) is 4.02. The first kappa shape index (κ1) is 26.4. The molecule has 0 bridgehead atoms. The van der Waals surface area contributed by atoms with Crippen LogP contribution < -0.4 is 10.9 Å². The summed E-state index contributed by atoms with van der Waals surface area (Å²) in [5.74, 6) is -0.229. The summed E-state index contributed by atoms with van der Waals surface area (Å²) in [7, 11) is 0. The Balaban J connectivity index is 1.75. The molecule has 6 nitrogen and oxygen atoms in total. The van der Waals surface area contributed by atoms with E-state index in [2.05, 4.69) is 5.32 Å². The van der Waals surface area contributed by atoms with Crippen molar-refractivity contribution in [1.82, 2.24) is 14.9 Å². The molecule has 0 aliphatic carbocycles. The van der Waals surface area contributed by atoms with E-state index in [0.717, 1.165) is 23.1 Å². The minimum absolute atomic E-state index is 0.0265. The molecule has 4 aromatic rings. The molecule has 1 heterocycles. The van der Waals surface area contributed by atoms with Crippen LogP contribution in [-0.2, 0) is 6.54 Å². The summed E-state index contributed by atoms with van der Waals surface area (Å²) in [5.41, 5.74) is 4.45. The number of hydrogen-bond donors (Lipinski definition) is 1. The minimum atomic E-state index is -0.468. The number of carbonyl (C=O) groups excluding carboxylic acids is 2. The number of ketones is 1. The average Bonchev–Trinajstić information content (AvgIpc) is 2.90. The van der Waals surface area contributed by atoms with Crippen LogP contribution in [0.2, 0.25) is 0 Å². The molecule has 190 valence electrons. The number of nitrogens with one attached hydrogen (secondary N) is 1. The maximum atomic E-state index is 13.6. The van der Waals surface area contributed by atoms with Gasteiger partial charge in [0.25, 0.3) is 11.5 Å². The lowest BCUT2D eigenvalue weighted by Gasteiger charge is -2.17. The summed E-state index contributed by atoms with van der Waals surface area (Å²) in [5, 5.41) is 3.27. The molecule has 7 heteroatoms. The lowest BCUT2D eigenvalue weighted by molar-refractivity contribution is 0.0952. The van der Waals surface area contributed by atoms with Crippen LogP contribution in [0.25, 0.3) is 10.9 Å². The molecule has 0 saturated heterocycles. The number of carbonyl (C=O) groups is 2. The summed E-state index contributed by atoms with van der Waals surface area (Å²) in [6.07, 6.45) is 0.828. The molecular weight excluding hydrogens is 482 g/mol. The van der Waals surface area contributed by atoms with Gasteiger partial charge in [0, 0.05) is 17.7 Å². The lowest BCUT2D eigenvalue weighted by atomic mass is 10.0. The van der Waals surface area contributed by atoms with E-state index in [-0.39, 0.29) is 17.2 Å². The third kappa shape index (κ3) is 6.00. The Labute approximate surface area is 221 Å². The van der Waals surface area contributed by atoms with Gasteiger partial charge >= 0.3 is 0 Å². The monoisotopic (exact) mass is 513 g/mol. The molecule has 4 rings (SSSR count). The topological polar surface area (TPSA) is 81.1 Å². The number of fused-ring (bicyclic) bond motifs is 1. The smallest absolute Gasteiger partial charge is 0.262 e. The van der Waals surface area contributed by atoms with Gasteiger partial charge in [0.05, 0.1) is 22.7 Å². The quantitative estimate of drug-likeness (QED) is 0.180. The SMILES string of the molecule is CCCNC(=O)c1ccc2c(=O)n(Cc3ccccc3)c(S[C@H](C)C(=O)c3ccc(C)c(C)c3)nc2c1. The molecule has 1 amide bonds. The van der Waals surface area contributed by atoms with Crippen LogP contribution >= 0.6 is 11.8 Å². The molecule has 0 unspecified atom stereocenters. The Morgan fingerprint density at radius 3 is 2.41 bits per heavy atom. The number of benzene rings is 3. The first-order chi connectivity index (χ1) is 17.8. The van der Waals surface area contributed by atoms with Crippen LogP contribution in [0, 0.1) is 13.8 Å². The normalized spacial score (nSPS) is 11.9. The number of aryl methyl sites for hydroxylation is 2. The zero-order valence-corrected chi connectivity index (χ0v) is 22.4. The van der Waals surface area contributed by atoms with Crippen molar-refractivity contribution in [3.05, 3.63) is 105 Å². The Bertz CT molecular complexity index is 1510. The van der Waals surface area contributed by atoms with Crippen molar-refractivity contribution in [3.63, 3.8) is 0 Å². The lowest BCUT2D eigenvalue weighted by Crippen LogP contribution is -2.26. The number of Topliss-reactive ketones (excluding diaryl/α,β-unsaturated/α-hetero) is 1. The average molecular weight is 514 g/mol. The van der Waals surface area contributed by atoms with Gasteiger partial charge in [-0.2, -0.15) is 0 Å². The first-order valence-electron chi connectivity index (χ1n) is 12.4. The number of amides is 1. The van der Waals surface area contributed by atoms with Crippen molar-refractivity contribution >= 4 is 34.4 Å². The number of nitrogens with zero attached hydrogens (tertiary/aromatic N) is 2. The molecule has 0 aliphatic heterocycles. The number of aromatic nitrogens is 2. The van der Waals surface area contributed by atoms with Gasteiger partial charge in [0.2, 0.25) is 0 Å². The highest BCUT2D eigenvalue weighted by Crippen LogP contribution is 2.26. The van der Waals surface area contributed by atoms with Crippen LogP contribution in [0.4, 0.5) is 0 Å². The first-order valence-corrected chi connectivity index (χ1v) is 13.3. The van der Waals surface area contributed by atoms with Crippen molar-refractivity contribution in [2.75, 3.05) is 6.54 Å². The van der Waals surface area contributed by atoms with E-state index >= 15 is 0 Å². The zero-order chi connectivity index (χ0) is 26.5. The van der Waals surface area contributed by atoms with Crippen LogP contribution in [0.1, 0.15) is 57.7 Å². The molecule has 1 N–H and O–H groups in total. The molecule has 0 fully saturated rings. The summed E-state index contributed by atoms with van der Waals surface area (Å²) in [6, 6.07) is 20.3. The molecule has 1 atom stereocenters. The van der Waals surface area contributed by atoms with Gasteiger partial charge in [-0.3, -0.25) is 19.0 Å². The number of hydrogen-bond acceptors (Lipinski definition) is 5. The van der Waals surface area contributed by atoms with Crippen LogP contribution in [0.3, 0.4) is 0 Å². The van der Waals surface area contributed by atoms with Gasteiger partial charge in [-0.15, -0.1) is 0 Å². The van der Waals surface area contributed by atoms with Crippen LogP contribution in [-0.4, -0.2) is 33.0 Å². The number of thioether (sulfide) groups is 1. The molecule has 0 saturated carbocycles. The predicted molar refractivity (Wildman–Crippen MR) is 150 cm³/mol. The van der Waals surface area contributed by atoms with E-state index < -0.39 is 5.25 Å². The minimum Gasteiger partial charge on any atom is -0.352 e.